The van der Waals surface area contributed by atoms with Gasteiger partial charge in [0, 0.05) is 11.2 Å². The molecule has 0 saturated heterocycles. The van der Waals surface area contributed by atoms with E-state index < -0.39 is 12.1 Å². The predicted molar refractivity (Wildman–Crippen MR) is 105 cm³/mol. The van der Waals surface area contributed by atoms with Crippen molar-refractivity contribution >= 4 is 33.3 Å². The molecule has 3 aromatic rings. The van der Waals surface area contributed by atoms with E-state index in [-0.39, 0.29) is 11.8 Å². The number of amides is 1. The van der Waals surface area contributed by atoms with Crippen molar-refractivity contribution in [3.63, 3.8) is 0 Å². The van der Waals surface area contributed by atoms with E-state index in [0.29, 0.717) is 11.4 Å². The van der Waals surface area contributed by atoms with E-state index in [0.717, 1.165) is 15.6 Å². The van der Waals surface area contributed by atoms with Crippen molar-refractivity contribution in [2.75, 3.05) is 6.54 Å². The highest BCUT2D eigenvalue weighted by molar-refractivity contribution is 7.20. The third kappa shape index (κ3) is 4.29. The summed E-state index contributed by atoms with van der Waals surface area (Å²) in [7, 11) is 0. The molecule has 5 heteroatoms. The Morgan fingerprint density at radius 2 is 1.73 bits per heavy atom. The zero-order chi connectivity index (χ0) is 18.5. The molecule has 2 atom stereocenters. The maximum atomic E-state index is 12.3. The van der Waals surface area contributed by atoms with Gasteiger partial charge in [0.15, 0.2) is 6.10 Å². The summed E-state index contributed by atoms with van der Waals surface area (Å²) < 4.78 is 6.35. The lowest BCUT2D eigenvalue weighted by Crippen LogP contribution is -2.37. The molecule has 0 bridgehead atoms. The van der Waals surface area contributed by atoms with Crippen molar-refractivity contribution in [1.29, 1.82) is 0 Å². The lowest BCUT2D eigenvalue weighted by molar-refractivity contribution is -0.129. The Bertz CT molecular complexity index is 871. The van der Waals surface area contributed by atoms with Crippen LogP contribution < -0.4 is 5.32 Å². The smallest absolute Gasteiger partial charge is 0.349 e. The summed E-state index contributed by atoms with van der Waals surface area (Å²) in [5, 5.41) is 3.85. The van der Waals surface area contributed by atoms with Crippen molar-refractivity contribution in [3.05, 3.63) is 71.1 Å². The van der Waals surface area contributed by atoms with Crippen LogP contribution in [0.15, 0.2) is 60.7 Å². The summed E-state index contributed by atoms with van der Waals surface area (Å²) in [5.74, 6) is -0.571. The van der Waals surface area contributed by atoms with E-state index in [9.17, 15) is 9.59 Å². The van der Waals surface area contributed by atoms with Crippen molar-refractivity contribution in [3.8, 4) is 0 Å². The van der Waals surface area contributed by atoms with Crippen LogP contribution >= 0.6 is 11.3 Å². The topological polar surface area (TPSA) is 55.4 Å². The first-order valence-corrected chi connectivity index (χ1v) is 9.38. The minimum Gasteiger partial charge on any atom is -0.448 e. The van der Waals surface area contributed by atoms with Gasteiger partial charge in [-0.15, -0.1) is 11.3 Å². The molecular formula is C21H21NO3S. The van der Waals surface area contributed by atoms with E-state index >= 15 is 0 Å². The lowest BCUT2D eigenvalue weighted by Gasteiger charge is -2.16. The molecule has 0 aliphatic rings. The third-order valence-electron chi connectivity index (χ3n) is 4.23. The molecule has 0 aliphatic carbocycles. The molecule has 1 heterocycles. The van der Waals surface area contributed by atoms with Gasteiger partial charge in [-0.05, 0) is 35.9 Å². The Kier molecular flexibility index (Phi) is 5.68. The van der Waals surface area contributed by atoms with Gasteiger partial charge in [0.05, 0.1) is 0 Å². The Balaban J connectivity index is 1.54. The summed E-state index contributed by atoms with van der Waals surface area (Å²) in [6.45, 7) is 4.13. The maximum absolute atomic E-state index is 12.3. The number of nitrogens with one attached hydrogen (secondary N) is 1. The van der Waals surface area contributed by atoms with Gasteiger partial charge >= 0.3 is 5.97 Å². The molecule has 0 radical (unpaired) electrons. The first-order chi connectivity index (χ1) is 12.5. The highest BCUT2D eigenvalue weighted by atomic mass is 32.1. The fourth-order valence-corrected chi connectivity index (χ4v) is 3.60. The molecular weight excluding hydrogens is 346 g/mol. The van der Waals surface area contributed by atoms with Gasteiger partial charge in [-0.2, -0.15) is 0 Å². The van der Waals surface area contributed by atoms with Gasteiger partial charge in [0.1, 0.15) is 4.88 Å². The van der Waals surface area contributed by atoms with Crippen LogP contribution in [0.5, 0.6) is 0 Å². The van der Waals surface area contributed by atoms with Gasteiger partial charge in [-0.25, -0.2) is 4.79 Å². The van der Waals surface area contributed by atoms with Crippen LogP contribution in [0.4, 0.5) is 0 Å². The van der Waals surface area contributed by atoms with Gasteiger partial charge in [0.2, 0.25) is 0 Å². The zero-order valence-electron chi connectivity index (χ0n) is 14.8. The molecule has 134 valence electrons. The molecule has 4 nitrogen and oxygen atoms in total. The number of hydrogen-bond donors (Lipinski definition) is 1. The molecule has 1 N–H and O–H groups in total. The second-order valence-electron chi connectivity index (χ2n) is 6.25. The van der Waals surface area contributed by atoms with Crippen molar-refractivity contribution in [2.24, 2.45) is 0 Å². The Morgan fingerprint density at radius 3 is 2.46 bits per heavy atom. The van der Waals surface area contributed by atoms with Gasteiger partial charge in [0.25, 0.3) is 5.91 Å². The van der Waals surface area contributed by atoms with Crippen LogP contribution in [0.25, 0.3) is 10.1 Å². The number of hydrogen-bond acceptors (Lipinski definition) is 4. The lowest BCUT2D eigenvalue weighted by atomic mass is 10.0. The average Bonchev–Trinajstić information content (AvgIpc) is 3.10. The first kappa shape index (κ1) is 18.1. The average molecular weight is 367 g/mol. The molecule has 0 unspecified atom stereocenters. The van der Waals surface area contributed by atoms with Crippen LogP contribution in [-0.4, -0.2) is 24.5 Å². The molecule has 26 heavy (non-hydrogen) atoms. The first-order valence-electron chi connectivity index (χ1n) is 8.57. The van der Waals surface area contributed by atoms with E-state index in [1.54, 1.807) is 13.0 Å². The number of ether oxygens (including phenoxy) is 1. The van der Waals surface area contributed by atoms with Crippen molar-refractivity contribution in [2.45, 2.75) is 25.9 Å². The van der Waals surface area contributed by atoms with Crippen molar-refractivity contribution < 1.29 is 14.3 Å². The van der Waals surface area contributed by atoms with E-state index in [4.69, 9.17) is 4.74 Å². The highest BCUT2D eigenvalue weighted by Gasteiger charge is 2.20. The number of carbonyl (C=O) groups excluding carboxylic acids is 2. The largest absolute Gasteiger partial charge is 0.448 e. The van der Waals surface area contributed by atoms with Crippen LogP contribution in [0.2, 0.25) is 0 Å². The molecule has 1 aromatic heterocycles. The SMILES string of the molecule is C[C@H](OC(=O)c1cc2ccccc2s1)C(=O)NC[C@H](C)c1ccccc1. The fraction of sp³-hybridized carbons (Fsp3) is 0.238. The summed E-state index contributed by atoms with van der Waals surface area (Å²) in [4.78, 5) is 25.0. The van der Waals surface area contributed by atoms with Crippen molar-refractivity contribution in [1.82, 2.24) is 5.32 Å². The number of carbonyl (C=O) groups is 2. The Morgan fingerprint density at radius 1 is 1.04 bits per heavy atom. The summed E-state index contributed by atoms with van der Waals surface area (Å²) in [6.07, 6.45) is -0.837. The van der Waals surface area contributed by atoms with Crippen LogP contribution in [0.1, 0.15) is 35.0 Å². The number of thiophene rings is 1. The quantitative estimate of drug-likeness (QED) is 0.658. The molecule has 0 fully saturated rings. The normalized spacial score (nSPS) is 13.2. The number of esters is 1. The zero-order valence-corrected chi connectivity index (χ0v) is 15.6. The molecule has 0 aliphatic heterocycles. The minimum atomic E-state index is -0.837. The van der Waals surface area contributed by atoms with E-state index in [2.05, 4.69) is 5.32 Å². The number of fused-ring (bicyclic) bond motifs is 1. The van der Waals surface area contributed by atoms with Gasteiger partial charge in [-0.3, -0.25) is 4.79 Å². The summed E-state index contributed by atoms with van der Waals surface area (Å²) in [5.41, 5.74) is 1.16. The van der Waals surface area contributed by atoms with E-state index in [1.165, 1.54) is 11.3 Å². The third-order valence-corrected chi connectivity index (χ3v) is 5.33. The van der Waals surface area contributed by atoms with Gasteiger partial charge < -0.3 is 10.1 Å². The minimum absolute atomic E-state index is 0.186. The van der Waals surface area contributed by atoms with E-state index in [1.807, 2.05) is 61.5 Å². The fourth-order valence-electron chi connectivity index (χ4n) is 2.65. The number of rotatable bonds is 6. The molecule has 1 amide bonds. The van der Waals surface area contributed by atoms with Crippen LogP contribution in [0.3, 0.4) is 0 Å². The second kappa shape index (κ2) is 8.15. The summed E-state index contributed by atoms with van der Waals surface area (Å²) >= 11 is 1.37. The van der Waals surface area contributed by atoms with Gasteiger partial charge in [-0.1, -0.05) is 55.5 Å². The molecule has 2 aromatic carbocycles. The second-order valence-corrected chi connectivity index (χ2v) is 7.34. The molecule has 0 spiro atoms. The molecule has 3 rings (SSSR count). The van der Waals surface area contributed by atoms with Crippen LogP contribution in [-0.2, 0) is 9.53 Å². The summed E-state index contributed by atoms with van der Waals surface area (Å²) in [6, 6.07) is 19.5. The predicted octanol–water partition coefficient (Wildman–Crippen LogP) is 4.37. The highest BCUT2D eigenvalue weighted by Crippen LogP contribution is 2.26. The Hall–Kier alpha value is -2.66. The van der Waals surface area contributed by atoms with Crippen LogP contribution in [0, 0.1) is 0 Å². The molecule has 0 saturated carbocycles. The standard InChI is InChI=1S/C21H21NO3S/c1-14(16-8-4-3-5-9-16)13-22-20(23)15(2)25-21(24)19-12-17-10-6-7-11-18(17)26-19/h3-12,14-15H,13H2,1-2H3,(H,22,23)/t14-,15-/m0/s1. The number of benzene rings is 2. The Labute approximate surface area is 156 Å². The monoisotopic (exact) mass is 367 g/mol. The maximum Gasteiger partial charge on any atom is 0.349 e.